The van der Waals surface area contributed by atoms with Crippen molar-refractivity contribution in [3.63, 3.8) is 0 Å². The zero-order valence-electron chi connectivity index (χ0n) is 21.2. The predicted molar refractivity (Wildman–Crippen MR) is 134 cm³/mol. The molecular weight excluding hydrogens is 534 g/mol. The molecule has 0 radical (unpaired) electrons. The maximum Gasteiger partial charge on any atom is 0.453 e. The van der Waals surface area contributed by atoms with E-state index in [1.807, 2.05) is 22.9 Å². The fourth-order valence-electron chi connectivity index (χ4n) is 4.18. The second-order valence-corrected chi connectivity index (χ2v) is 9.26. The van der Waals surface area contributed by atoms with Gasteiger partial charge < -0.3 is 25.2 Å². The molecule has 0 unspecified atom stereocenters. The van der Waals surface area contributed by atoms with Crippen LogP contribution in [0.1, 0.15) is 41.4 Å². The van der Waals surface area contributed by atoms with Gasteiger partial charge in [-0.05, 0) is 42.5 Å². The Morgan fingerprint density at radius 2 is 2.02 bits per heavy atom. The Morgan fingerprint density at radius 1 is 1.25 bits per heavy atom. The minimum absolute atomic E-state index is 0.0821. The first-order valence-corrected chi connectivity index (χ1v) is 12.1. The fraction of sp³-hybridized carbons (Fsp3) is 0.280. The van der Waals surface area contributed by atoms with E-state index in [1.165, 1.54) is 48.9 Å². The number of halogens is 4. The molecule has 15 heteroatoms. The van der Waals surface area contributed by atoms with Gasteiger partial charge in [0.15, 0.2) is 11.6 Å². The van der Waals surface area contributed by atoms with Gasteiger partial charge in [0.05, 0.1) is 25.0 Å². The molecule has 1 fully saturated rings. The lowest BCUT2D eigenvalue weighted by Gasteiger charge is -2.15. The summed E-state index contributed by atoms with van der Waals surface area (Å²) >= 11 is 0. The number of amides is 1. The molecule has 0 aliphatic heterocycles. The maximum absolute atomic E-state index is 15.1. The maximum atomic E-state index is 15.1. The molecule has 40 heavy (non-hydrogen) atoms. The second kappa shape index (κ2) is 10.5. The van der Waals surface area contributed by atoms with Gasteiger partial charge in [0.2, 0.25) is 0 Å². The summed E-state index contributed by atoms with van der Waals surface area (Å²) in [5.74, 6) is 3.35. The number of imidazole rings is 1. The number of methoxy groups -OCH3 is 1. The molecular formula is C25H25F4N9O2. The van der Waals surface area contributed by atoms with Crippen LogP contribution in [0.2, 0.25) is 0 Å². The van der Waals surface area contributed by atoms with E-state index < -0.39 is 30.3 Å². The van der Waals surface area contributed by atoms with E-state index in [2.05, 4.69) is 26.4 Å². The Morgan fingerprint density at radius 3 is 2.70 bits per heavy atom. The van der Waals surface area contributed by atoms with Gasteiger partial charge in [0, 0.05) is 30.7 Å². The quantitative estimate of drug-likeness (QED) is 0.123. The molecule has 1 saturated carbocycles. The Bertz CT molecular complexity index is 1590. The van der Waals surface area contributed by atoms with E-state index in [1.54, 1.807) is 0 Å². The number of alkyl halides is 3. The number of carbonyl (C=O) groups excluding carboxylic acids is 1. The van der Waals surface area contributed by atoms with Gasteiger partial charge in [-0.25, -0.2) is 24.9 Å². The molecule has 1 aliphatic carbocycles. The van der Waals surface area contributed by atoms with E-state index in [-0.39, 0.29) is 29.2 Å². The van der Waals surface area contributed by atoms with Gasteiger partial charge >= 0.3 is 6.18 Å². The summed E-state index contributed by atoms with van der Waals surface area (Å²) in [4.78, 5) is 20.4. The molecule has 1 aromatic carbocycles. The normalized spacial score (nSPS) is 14.0. The molecule has 11 nitrogen and oxygen atoms in total. The van der Waals surface area contributed by atoms with Gasteiger partial charge in [0.1, 0.15) is 17.7 Å². The molecule has 1 amide bonds. The van der Waals surface area contributed by atoms with Gasteiger partial charge in [0.25, 0.3) is 11.7 Å². The zero-order chi connectivity index (χ0) is 28.6. The number of benzene rings is 1. The summed E-state index contributed by atoms with van der Waals surface area (Å²) in [7, 11) is 1.23. The van der Waals surface area contributed by atoms with E-state index in [4.69, 9.17) is 16.3 Å². The molecule has 4 aromatic rings. The minimum Gasteiger partial charge on any atom is -0.494 e. The fourth-order valence-corrected chi connectivity index (χ4v) is 4.18. The molecule has 0 spiro atoms. The third kappa shape index (κ3) is 5.68. The van der Waals surface area contributed by atoms with E-state index in [9.17, 15) is 18.0 Å². The molecule has 0 bridgehead atoms. The highest BCUT2D eigenvalue weighted by Gasteiger charge is 2.36. The second-order valence-electron chi connectivity index (χ2n) is 9.26. The van der Waals surface area contributed by atoms with Crippen molar-refractivity contribution in [1.29, 1.82) is 0 Å². The molecule has 3 heterocycles. The van der Waals surface area contributed by atoms with Crippen LogP contribution in [0.15, 0.2) is 54.9 Å². The molecule has 5 rings (SSSR count). The third-order valence-corrected chi connectivity index (χ3v) is 6.31. The average molecular weight is 560 g/mol. The van der Waals surface area contributed by atoms with E-state index in [0.717, 1.165) is 16.7 Å². The van der Waals surface area contributed by atoms with Crippen molar-refractivity contribution >= 4 is 11.6 Å². The molecule has 1 aliphatic rings. The zero-order valence-corrected chi connectivity index (χ0v) is 21.2. The predicted octanol–water partition coefficient (Wildman–Crippen LogP) is 2.75. The van der Waals surface area contributed by atoms with Crippen LogP contribution in [0.3, 0.4) is 0 Å². The van der Waals surface area contributed by atoms with Gasteiger partial charge in [-0.1, -0.05) is 6.07 Å². The van der Waals surface area contributed by atoms with Crippen LogP contribution in [-0.4, -0.2) is 42.2 Å². The van der Waals surface area contributed by atoms with Crippen LogP contribution in [0.5, 0.6) is 5.75 Å². The van der Waals surface area contributed by atoms with Gasteiger partial charge in [-0.2, -0.15) is 13.2 Å². The van der Waals surface area contributed by atoms with Crippen molar-refractivity contribution in [3.05, 3.63) is 83.3 Å². The topological polar surface area (TPSA) is 142 Å². The van der Waals surface area contributed by atoms with Crippen molar-refractivity contribution < 1.29 is 27.1 Å². The highest BCUT2D eigenvalue weighted by molar-refractivity contribution is 5.92. The summed E-state index contributed by atoms with van der Waals surface area (Å²) in [6.07, 6.45) is 3.44. The molecule has 0 atom stereocenters. The minimum atomic E-state index is -4.79. The van der Waals surface area contributed by atoms with Gasteiger partial charge in [-0.15, -0.1) is 5.10 Å². The van der Waals surface area contributed by atoms with Crippen LogP contribution >= 0.6 is 0 Å². The lowest BCUT2D eigenvalue weighted by molar-refractivity contribution is -0.144. The Kier molecular flexibility index (Phi) is 7.06. The number of rotatable bonds is 9. The number of ether oxygens (including phenoxy) is 1. The van der Waals surface area contributed by atoms with Crippen LogP contribution in [0.25, 0.3) is 11.3 Å². The number of hydrogen-bond acceptors (Lipinski definition) is 8. The number of hydrazine groups is 1. The number of fused-ring (bicyclic) bond motifs is 1. The first-order chi connectivity index (χ1) is 19.0. The summed E-state index contributed by atoms with van der Waals surface area (Å²) in [5.41, 5.74) is 7.99. The number of carbonyl (C=O) groups is 1. The highest BCUT2D eigenvalue weighted by Crippen LogP contribution is 2.39. The molecule has 210 valence electrons. The largest absolute Gasteiger partial charge is 0.494 e. The van der Waals surface area contributed by atoms with E-state index >= 15 is 4.39 Å². The summed E-state index contributed by atoms with van der Waals surface area (Å²) in [6.45, 7) is -0.301. The van der Waals surface area contributed by atoms with Crippen LogP contribution < -0.4 is 21.6 Å². The number of hydrogen-bond donors (Lipinski definition) is 3. The number of nitrogens with one attached hydrogen (secondary N) is 1. The molecule has 3 aromatic heterocycles. The average Bonchev–Trinajstić information content (AvgIpc) is 3.48. The number of pyridine rings is 1. The standard InChI is InChI=1S/C25H25F4N9O2/c1-40-20-6-5-19(38-13-33-24(35-38)25(27,28)29)17(22(20)26)8-32-23(39)18(30)12-37(31)11-16-10-36-9-15(14-2-3-14)4-7-21(36)34-16/h4-7,9-10,12-14H,2-3,8,11,30-31H2,1H3,(H,32,39)/b18-12-. The van der Waals surface area contributed by atoms with Crippen LogP contribution in [0.4, 0.5) is 17.6 Å². The van der Waals surface area contributed by atoms with Crippen LogP contribution in [-0.2, 0) is 24.1 Å². The van der Waals surface area contributed by atoms with E-state index in [0.29, 0.717) is 11.6 Å². The lowest BCUT2D eigenvalue weighted by atomic mass is 10.1. The van der Waals surface area contributed by atoms with Crippen LogP contribution in [0, 0.1) is 5.82 Å². The summed E-state index contributed by atoms with van der Waals surface area (Å²) in [6, 6.07) is 6.50. The Hall–Kier alpha value is -4.66. The highest BCUT2D eigenvalue weighted by atomic mass is 19.4. The molecule has 0 saturated heterocycles. The van der Waals surface area contributed by atoms with Crippen molar-refractivity contribution in [2.75, 3.05) is 7.11 Å². The van der Waals surface area contributed by atoms with Crippen molar-refractivity contribution in [2.24, 2.45) is 11.6 Å². The summed E-state index contributed by atoms with van der Waals surface area (Å²) in [5, 5.41) is 7.00. The Labute approximate surface area is 225 Å². The lowest BCUT2D eigenvalue weighted by Crippen LogP contribution is -2.33. The number of nitrogens with zero attached hydrogens (tertiary/aromatic N) is 6. The SMILES string of the molecule is COc1ccc(-n2cnc(C(F)(F)F)n2)c(CNC(=O)/C(N)=C/N(N)Cc2cn3cc(C4CC4)ccc3n2)c1F. The molecule has 5 N–H and O–H groups in total. The van der Waals surface area contributed by atoms with Crippen molar-refractivity contribution in [3.8, 4) is 11.4 Å². The van der Waals surface area contributed by atoms with Crippen molar-refractivity contribution in [1.82, 2.24) is 34.5 Å². The number of nitrogens with two attached hydrogens (primary N) is 2. The monoisotopic (exact) mass is 559 g/mol. The smallest absolute Gasteiger partial charge is 0.453 e. The van der Waals surface area contributed by atoms with Crippen molar-refractivity contribution in [2.45, 2.75) is 38.0 Å². The third-order valence-electron chi connectivity index (χ3n) is 6.31. The first-order valence-electron chi connectivity index (χ1n) is 12.1. The Balaban J connectivity index is 1.28. The number of aromatic nitrogens is 5. The van der Waals surface area contributed by atoms with Gasteiger partial charge in [-0.3, -0.25) is 4.79 Å². The summed E-state index contributed by atoms with van der Waals surface area (Å²) < 4.78 is 61.6. The first kappa shape index (κ1) is 26.9.